The fourth-order valence-electron chi connectivity index (χ4n) is 2.50. The zero-order valence-corrected chi connectivity index (χ0v) is 18.1. The molecule has 0 bridgehead atoms. The smallest absolute Gasteiger partial charge is 0.264 e. The Labute approximate surface area is 180 Å². The quantitative estimate of drug-likeness (QED) is 0.481. The molecule has 3 rings (SSSR count). The Morgan fingerprint density at radius 2 is 2.14 bits per heavy atom. The Kier molecular flexibility index (Phi) is 6.59. The van der Waals surface area contributed by atoms with Crippen molar-refractivity contribution in [1.82, 2.24) is 5.32 Å². The molecule has 8 heteroatoms. The van der Waals surface area contributed by atoms with E-state index in [9.17, 15) is 4.79 Å². The number of carbonyl (C=O) groups excluding carboxylic acids is 1. The number of amides is 1. The molecular weight excluding hydrogens is 489 g/mol. The highest BCUT2D eigenvalue weighted by Crippen LogP contribution is 2.36. The lowest BCUT2D eigenvalue weighted by atomic mass is 10.2. The van der Waals surface area contributed by atoms with Gasteiger partial charge in [-0.3, -0.25) is 4.79 Å². The van der Waals surface area contributed by atoms with E-state index < -0.39 is 0 Å². The summed E-state index contributed by atoms with van der Waals surface area (Å²) in [5.74, 6) is 0.819. The highest BCUT2D eigenvalue weighted by Gasteiger charge is 2.24. The maximum atomic E-state index is 12.3. The summed E-state index contributed by atoms with van der Waals surface area (Å²) in [7, 11) is 1.53. The van der Waals surface area contributed by atoms with Crippen LogP contribution in [0.2, 0.25) is 0 Å². The van der Waals surface area contributed by atoms with E-state index in [0.29, 0.717) is 21.6 Å². The Balaban J connectivity index is 1.88. The number of thioether (sulfide) groups is 1. The number of hydrogen-bond donors (Lipinski definition) is 1. The molecule has 142 valence electrons. The number of nitrogens with zero attached hydrogens (tertiary/aromatic N) is 2. The van der Waals surface area contributed by atoms with Crippen LogP contribution in [-0.4, -0.2) is 24.8 Å². The zero-order chi connectivity index (χ0) is 20.1. The number of nitrogens with one attached hydrogen (secondary N) is 1. The van der Waals surface area contributed by atoms with E-state index >= 15 is 0 Å². The monoisotopic (exact) mass is 505 g/mol. The van der Waals surface area contributed by atoms with Crippen molar-refractivity contribution in [3.63, 3.8) is 0 Å². The van der Waals surface area contributed by atoms with E-state index in [0.717, 1.165) is 20.4 Å². The molecule has 0 saturated carbocycles. The van der Waals surface area contributed by atoms with Crippen LogP contribution in [0.5, 0.6) is 11.5 Å². The summed E-state index contributed by atoms with van der Waals surface area (Å²) in [6.45, 7) is 1.91. The van der Waals surface area contributed by atoms with Crippen molar-refractivity contribution >= 4 is 57.2 Å². The first-order valence-electron chi connectivity index (χ1n) is 8.24. The van der Waals surface area contributed by atoms with Gasteiger partial charge in [-0.15, -0.1) is 0 Å². The highest BCUT2D eigenvalue weighted by atomic mass is 127. The van der Waals surface area contributed by atoms with Gasteiger partial charge in [-0.1, -0.05) is 18.2 Å². The van der Waals surface area contributed by atoms with Crippen molar-refractivity contribution in [2.24, 2.45) is 4.99 Å². The topological polar surface area (TPSA) is 83.7 Å². The van der Waals surface area contributed by atoms with Gasteiger partial charge in [0, 0.05) is 0 Å². The van der Waals surface area contributed by atoms with E-state index in [1.165, 1.54) is 18.9 Å². The molecule has 1 amide bonds. The third kappa shape index (κ3) is 4.66. The fraction of sp³-hybridized carbons (Fsp3) is 0.150. The standard InChI is InChI=1S/C20H16IN3O3S/c1-12-5-3-4-6-15(12)23-20-24-19(25)17(28-20)11-13-9-14(21)18(27-8-7-22)16(10-13)26-2/h3-6,9-11H,8H2,1-2H3,(H,23,24,25)/b17-11+. The van der Waals surface area contributed by atoms with Crippen LogP contribution in [0, 0.1) is 21.8 Å². The molecule has 0 aromatic heterocycles. The predicted molar refractivity (Wildman–Crippen MR) is 119 cm³/mol. The minimum Gasteiger partial charge on any atom is -0.493 e. The summed E-state index contributed by atoms with van der Waals surface area (Å²) in [4.78, 5) is 17.4. The van der Waals surface area contributed by atoms with Crippen molar-refractivity contribution in [2.75, 3.05) is 13.7 Å². The number of halogens is 1. The number of rotatable bonds is 5. The molecule has 1 heterocycles. The molecule has 1 N–H and O–H groups in total. The summed E-state index contributed by atoms with van der Waals surface area (Å²) >= 11 is 3.40. The number of aryl methyl sites for hydroxylation is 1. The molecule has 6 nitrogen and oxygen atoms in total. The Morgan fingerprint density at radius 3 is 2.86 bits per heavy atom. The lowest BCUT2D eigenvalue weighted by Gasteiger charge is -2.11. The van der Waals surface area contributed by atoms with Gasteiger partial charge in [-0.05, 0) is 76.7 Å². The van der Waals surface area contributed by atoms with Crippen LogP contribution in [0.3, 0.4) is 0 Å². The van der Waals surface area contributed by atoms with E-state index in [2.05, 4.69) is 32.9 Å². The van der Waals surface area contributed by atoms with Gasteiger partial charge in [0.05, 0.1) is 21.3 Å². The van der Waals surface area contributed by atoms with Gasteiger partial charge in [0.1, 0.15) is 6.07 Å². The maximum absolute atomic E-state index is 12.3. The van der Waals surface area contributed by atoms with Crippen molar-refractivity contribution in [2.45, 2.75) is 6.92 Å². The molecule has 2 aromatic rings. The minimum absolute atomic E-state index is 0.0657. The Morgan fingerprint density at radius 1 is 1.36 bits per heavy atom. The number of methoxy groups -OCH3 is 1. The van der Waals surface area contributed by atoms with Gasteiger partial charge in [0.2, 0.25) is 0 Å². The van der Waals surface area contributed by atoms with Crippen LogP contribution in [-0.2, 0) is 4.79 Å². The normalized spacial score (nSPS) is 16.1. The van der Waals surface area contributed by atoms with E-state index in [4.69, 9.17) is 14.7 Å². The molecule has 0 spiro atoms. The molecule has 0 aliphatic carbocycles. The molecule has 1 aliphatic rings. The lowest BCUT2D eigenvalue weighted by molar-refractivity contribution is -0.115. The van der Waals surface area contributed by atoms with Gasteiger partial charge in [0.15, 0.2) is 23.3 Å². The van der Waals surface area contributed by atoms with Crippen LogP contribution in [0.1, 0.15) is 11.1 Å². The van der Waals surface area contributed by atoms with Crippen LogP contribution in [0.4, 0.5) is 5.69 Å². The maximum Gasteiger partial charge on any atom is 0.264 e. The molecule has 28 heavy (non-hydrogen) atoms. The predicted octanol–water partition coefficient (Wildman–Crippen LogP) is 4.40. The van der Waals surface area contributed by atoms with Crippen molar-refractivity contribution in [1.29, 1.82) is 5.26 Å². The number of carbonyl (C=O) groups is 1. The van der Waals surface area contributed by atoms with Crippen molar-refractivity contribution < 1.29 is 14.3 Å². The Bertz CT molecular complexity index is 1030. The van der Waals surface area contributed by atoms with Gasteiger partial charge in [-0.2, -0.15) is 5.26 Å². The molecule has 2 aromatic carbocycles. The molecule has 1 fully saturated rings. The third-order valence-corrected chi connectivity index (χ3v) is 5.53. The van der Waals surface area contributed by atoms with Crippen LogP contribution in [0.15, 0.2) is 46.3 Å². The van der Waals surface area contributed by atoms with Gasteiger partial charge < -0.3 is 14.8 Å². The first kappa shape index (κ1) is 20.2. The molecule has 1 saturated heterocycles. The van der Waals surface area contributed by atoms with Gasteiger partial charge >= 0.3 is 0 Å². The lowest BCUT2D eigenvalue weighted by Crippen LogP contribution is -2.19. The molecule has 0 radical (unpaired) electrons. The van der Waals surface area contributed by atoms with Crippen LogP contribution < -0.4 is 14.8 Å². The number of para-hydroxylation sites is 1. The SMILES string of the molecule is COc1cc(/C=C2/SC(=Nc3ccccc3C)NC2=O)cc(I)c1OCC#N. The molecule has 0 unspecified atom stereocenters. The van der Waals surface area contributed by atoms with E-state index in [1.807, 2.05) is 43.3 Å². The van der Waals surface area contributed by atoms with Crippen molar-refractivity contribution in [3.05, 3.63) is 56.0 Å². The first-order valence-corrected chi connectivity index (χ1v) is 10.1. The number of ether oxygens (including phenoxy) is 2. The number of amidine groups is 1. The highest BCUT2D eigenvalue weighted by molar-refractivity contribution is 14.1. The molecular formula is C20H16IN3O3S. The number of benzene rings is 2. The summed E-state index contributed by atoms with van der Waals surface area (Å²) in [5.41, 5.74) is 2.65. The van der Waals surface area contributed by atoms with Crippen LogP contribution in [0.25, 0.3) is 6.08 Å². The second-order valence-electron chi connectivity index (χ2n) is 5.75. The molecule has 1 aliphatic heterocycles. The Hall–Kier alpha value is -2.51. The third-order valence-electron chi connectivity index (χ3n) is 3.82. The van der Waals surface area contributed by atoms with Gasteiger partial charge in [0.25, 0.3) is 5.91 Å². The summed E-state index contributed by atoms with van der Waals surface area (Å²) < 4.78 is 11.6. The van der Waals surface area contributed by atoms with E-state index in [-0.39, 0.29) is 12.5 Å². The average Bonchev–Trinajstić information content (AvgIpc) is 3.01. The second kappa shape index (κ2) is 9.12. The second-order valence-corrected chi connectivity index (χ2v) is 7.94. The van der Waals surface area contributed by atoms with E-state index in [1.54, 1.807) is 12.1 Å². The van der Waals surface area contributed by atoms with Crippen molar-refractivity contribution in [3.8, 4) is 17.6 Å². The summed E-state index contributed by atoms with van der Waals surface area (Å²) in [6.07, 6.45) is 1.78. The van der Waals surface area contributed by atoms with Gasteiger partial charge in [-0.25, -0.2) is 4.99 Å². The first-order chi connectivity index (χ1) is 13.5. The molecule has 0 atom stereocenters. The minimum atomic E-state index is -0.198. The van der Waals surface area contributed by atoms with Crippen LogP contribution >= 0.6 is 34.4 Å². The number of nitriles is 1. The average molecular weight is 505 g/mol. The number of aliphatic imine (C=N–C) groups is 1. The summed E-state index contributed by atoms with van der Waals surface area (Å²) in [5, 5.41) is 12.1. The number of hydrogen-bond acceptors (Lipinski definition) is 6. The fourth-order valence-corrected chi connectivity index (χ4v) is 4.11. The largest absolute Gasteiger partial charge is 0.493 e. The zero-order valence-electron chi connectivity index (χ0n) is 15.2. The summed E-state index contributed by atoms with van der Waals surface area (Å²) in [6, 6.07) is 13.3.